The fraction of sp³-hybridized carbons (Fsp3) is 0.667. The van der Waals surface area contributed by atoms with E-state index in [2.05, 4.69) is 25.8 Å². The molecule has 0 aliphatic carbocycles. The van der Waals surface area contributed by atoms with E-state index in [9.17, 15) is 8.42 Å². The van der Waals surface area contributed by atoms with Gasteiger partial charge in [0.05, 0.1) is 16.4 Å². The molecule has 0 atom stereocenters. The van der Waals surface area contributed by atoms with Crippen LogP contribution in [0.5, 0.6) is 0 Å². The first kappa shape index (κ1) is 13.7. The van der Waals surface area contributed by atoms with Crippen LogP contribution in [-0.2, 0) is 16.6 Å². The Hall–Kier alpha value is -0.400. The summed E-state index contributed by atoms with van der Waals surface area (Å²) in [6.45, 7) is 5.06. The summed E-state index contributed by atoms with van der Waals surface area (Å²) < 4.78 is 27.0. The second kappa shape index (κ2) is 5.29. The highest BCUT2D eigenvalue weighted by Gasteiger charge is 2.08. The van der Waals surface area contributed by atoms with Crippen LogP contribution in [0.25, 0.3) is 0 Å². The molecule has 1 N–H and O–H groups in total. The molecule has 92 valence electrons. The van der Waals surface area contributed by atoms with Crippen molar-refractivity contribution in [3.63, 3.8) is 0 Å². The van der Waals surface area contributed by atoms with E-state index in [1.54, 1.807) is 0 Å². The first-order valence-electron chi connectivity index (χ1n) is 4.95. The topological polar surface area (TPSA) is 64.0 Å². The minimum absolute atomic E-state index is 0.439. The Balaban J connectivity index is 2.47. The SMILES string of the molecule is Cc1nn(CCCNS(C)(=O)=O)c(C)c1Br. The summed E-state index contributed by atoms with van der Waals surface area (Å²) in [5.41, 5.74) is 2.02. The van der Waals surface area contributed by atoms with Gasteiger partial charge in [-0.3, -0.25) is 4.68 Å². The van der Waals surface area contributed by atoms with Crippen molar-refractivity contribution >= 4 is 26.0 Å². The molecule has 0 radical (unpaired) electrons. The zero-order valence-corrected chi connectivity index (χ0v) is 12.0. The highest BCUT2D eigenvalue weighted by molar-refractivity contribution is 9.10. The van der Waals surface area contributed by atoms with Crippen LogP contribution >= 0.6 is 15.9 Å². The van der Waals surface area contributed by atoms with Crippen molar-refractivity contribution in [2.24, 2.45) is 0 Å². The Kier molecular flexibility index (Phi) is 4.52. The number of hydrogen-bond donors (Lipinski definition) is 1. The zero-order chi connectivity index (χ0) is 12.3. The first-order chi connectivity index (χ1) is 7.31. The molecule has 0 spiro atoms. The van der Waals surface area contributed by atoms with E-state index >= 15 is 0 Å². The fourth-order valence-electron chi connectivity index (χ4n) is 1.38. The van der Waals surface area contributed by atoms with Crippen molar-refractivity contribution in [3.8, 4) is 0 Å². The van der Waals surface area contributed by atoms with Gasteiger partial charge in [-0.15, -0.1) is 0 Å². The molecule has 0 amide bonds. The number of nitrogens with zero attached hydrogens (tertiary/aromatic N) is 2. The molecule has 1 aromatic heterocycles. The van der Waals surface area contributed by atoms with Gasteiger partial charge in [0.1, 0.15) is 0 Å². The third-order valence-corrected chi connectivity index (χ3v) is 4.08. The third kappa shape index (κ3) is 3.88. The summed E-state index contributed by atoms with van der Waals surface area (Å²) in [7, 11) is -3.08. The van der Waals surface area contributed by atoms with Crippen LogP contribution in [-0.4, -0.2) is 31.0 Å². The Morgan fingerprint density at radius 1 is 1.44 bits per heavy atom. The average Bonchev–Trinajstić information content (AvgIpc) is 2.40. The van der Waals surface area contributed by atoms with Crippen LogP contribution in [0, 0.1) is 13.8 Å². The number of aryl methyl sites for hydroxylation is 2. The normalized spacial score (nSPS) is 12.0. The second-order valence-electron chi connectivity index (χ2n) is 3.73. The van der Waals surface area contributed by atoms with Gasteiger partial charge in [-0.1, -0.05) is 0 Å². The maximum absolute atomic E-state index is 10.8. The molecule has 0 aliphatic heterocycles. The fourth-order valence-corrected chi connectivity index (χ4v) is 2.18. The average molecular weight is 310 g/mol. The lowest BCUT2D eigenvalue weighted by molar-refractivity contribution is 0.546. The highest BCUT2D eigenvalue weighted by Crippen LogP contribution is 2.19. The molecule has 1 aromatic rings. The van der Waals surface area contributed by atoms with Gasteiger partial charge >= 0.3 is 0 Å². The molecule has 7 heteroatoms. The lowest BCUT2D eigenvalue weighted by Gasteiger charge is -2.04. The molecule has 0 aliphatic rings. The predicted molar refractivity (Wildman–Crippen MR) is 66.9 cm³/mol. The number of hydrogen-bond acceptors (Lipinski definition) is 3. The van der Waals surface area contributed by atoms with Crippen molar-refractivity contribution in [2.45, 2.75) is 26.8 Å². The molecule has 0 unspecified atom stereocenters. The van der Waals surface area contributed by atoms with E-state index in [1.165, 1.54) is 0 Å². The summed E-state index contributed by atoms with van der Waals surface area (Å²) in [5.74, 6) is 0. The molecular formula is C9H16BrN3O2S. The Bertz CT molecular complexity index is 467. The van der Waals surface area contributed by atoms with Gasteiger partial charge in [0, 0.05) is 18.8 Å². The minimum atomic E-state index is -3.08. The van der Waals surface area contributed by atoms with Crippen molar-refractivity contribution in [3.05, 3.63) is 15.9 Å². The van der Waals surface area contributed by atoms with Gasteiger partial charge in [-0.05, 0) is 36.2 Å². The van der Waals surface area contributed by atoms with E-state index in [0.717, 1.165) is 28.5 Å². The summed E-state index contributed by atoms with van der Waals surface area (Å²) in [5, 5.41) is 4.34. The largest absolute Gasteiger partial charge is 0.268 e. The van der Waals surface area contributed by atoms with Crippen LogP contribution in [0.15, 0.2) is 4.47 Å². The molecule has 0 aromatic carbocycles. The molecular weight excluding hydrogens is 294 g/mol. The maximum Gasteiger partial charge on any atom is 0.208 e. The van der Waals surface area contributed by atoms with Gasteiger partial charge in [0.2, 0.25) is 10.0 Å². The highest BCUT2D eigenvalue weighted by atomic mass is 79.9. The predicted octanol–water partition coefficient (Wildman–Crippen LogP) is 1.20. The molecule has 0 bridgehead atoms. The van der Waals surface area contributed by atoms with Gasteiger partial charge < -0.3 is 0 Å². The number of sulfonamides is 1. The van der Waals surface area contributed by atoms with Crippen LogP contribution in [0.1, 0.15) is 17.8 Å². The Labute approximate surface area is 104 Å². The second-order valence-corrected chi connectivity index (χ2v) is 6.35. The van der Waals surface area contributed by atoms with Crippen molar-refractivity contribution < 1.29 is 8.42 Å². The van der Waals surface area contributed by atoms with Gasteiger partial charge in [-0.2, -0.15) is 5.10 Å². The van der Waals surface area contributed by atoms with Gasteiger partial charge in [-0.25, -0.2) is 13.1 Å². The molecule has 0 saturated heterocycles. The number of nitrogens with one attached hydrogen (secondary N) is 1. The Morgan fingerprint density at radius 3 is 2.50 bits per heavy atom. The van der Waals surface area contributed by atoms with Crippen molar-refractivity contribution in [1.29, 1.82) is 0 Å². The summed E-state index contributed by atoms with van der Waals surface area (Å²) in [6, 6.07) is 0. The van der Waals surface area contributed by atoms with E-state index < -0.39 is 10.0 Å². The monoisotopic (exact) mass is 309 g/mol. The minimum Gasteiger partial charge on any atom is -0.268 e. The summed E-state index contributed by atoms with van der Waals surface area (Å²) >= 11 is 3.45. The van der Waals surface area contributed by atoms with Gasteiger partial charge in [0.15, 0.2) is 0 Å². The molecule has 0 saturated carbocycles. The summed E-state index contributed by atoms with van der Waals surface area (Å²) in [6.07, 6.45) is 1.88. The number of halogens is 1. The quantitative estimate of drug-likeness (QED) is 0.831. The van der Waals surface area contributed by atoms with E-state index in [0.29, 0.717) is 13.1 Å². The number of aromatic nitrogens is 2. The third-order valence-electron chi connectivity index (χ3n) is 2.20. The first-order valence-corrected chi connectivity index (χ1v) is 7.64. The van der Waals surface area contributed by atoms with E-state index in [-0.39, 0.29) is 0 Å². The van der Waals surface area contributed by atoms with Crippen LogP contribution < -0.4 is 4.72 Å². The van der Waals surface area contributed by atoms with E-state index in [4.69, 9.17) is 0 Å². The van der Waals surface area contributed by atoms with Crippen LogP contribution in [0.3, 0.4) is 0 Å². The molecule has 16 heavy (non-hydrogen) atoms. The number of rotatable bonds is 5. The molecule has 1 heterocycles. The smallest absolute Gasteiger partial charge is 0.208 e. The van der Waals surface area contributed by atoms with Crippen molar-refractivity contribution in [1.82, 2.24) is 14.5 Å². The molecule has 1 rings (SSSR count). The zero-order valence-electron chi connectivity index (χ0n) is 9.62. The van der Waals surface area contributed by atoms with Crippen LogP contribution in [0.2, 0.25) is 0 Å². The van der Waals surface area contributed by atoms with Crippen molar-refractivity contribution in [2.75, 3.05) is 12.8 Å². The van der Waals surface area contributed by atoms with E-state index in [1.807, 2.05) is 18.5 Å². The molecule has 5 nitrogen and oxygen atoms in total. The van der Waals surface area contributed by atoms with Gasteiger partial charge in [0.25, 0.3) is 0 Å². The summed E-state index contributed by atoms with van der Waals surface area (Å²) in [4.78, 5) is 0. The molecule has 0 fully saturated rings. The lowest BCUT2D eigenvalue weighted by Crippen LogP contribution is -2.24. The standard InChI is InChI=1S/C9H16BrN3O2S/c1-7-9(10)8(2)13(12-7)6-4-5-11-16(3,14)15/h11H,4-6H2,1-3H3. The Morgan fingerprint density at radius 2 is 2.06 bits per heavy atom. The maximum atomic E-state index is 10.8. The van der Waals surface area contributed by atoms with Crippen LogP contribution in [0.4, 0.5) is 0 Å². The lowest BCUT2D eigenvalue weighted by atomic mass is 10.4.